The third kappa shape index (κ3) is 2.95. The summed E-state index contributed by atoms with van der Waals surface area (Å²) in [6, 6.07) is 0. The molecule has 0 N–H and O–H groups in total. The van der Waals surface area contributed by atoms with Crippen LogP contribution in [0.4, 0.5) is 0 Å². The Morgan fingerprint density at radius 2 is 2.00 bits per heavy atom. The van der Waals surface area contributed by atoms with E-state index in [4.69, 9.17) is 9.47 Å². The second-order valence-corrected chi connectivity index (χ2v) is 11.2. The highest BCUT2D eigenvalue weighted by molar-refractivity contribution is 14.1. The molecule has 1 unspecified atom stereocenters. The Bertz CT molecular complexity index is 599. The topological polar surface area (TPSA) is 18.5 Å². The summed E-state index contributed by atoms with van der Waals surface area (Å²) in [7, 11) is 1.72. The molecule has 4 aliphatic rings. The van der Waals surface area contributed by atoms with E-state index < -0.39 is 0 Å². The number of halogens is 1. The van der Waals surface area contributed by atoms with Crippen LogP contribution in [0.3, 0.4) is 0 Å². The first-order chi connectivity index (χ1) is 12.4. The zero-order valence-electron chi connectivity index (χ0n) is 16.7. The first kappa shape index (κ1) is 19.4. The van der Waals surface area contributed by atoms with Gasteiger partial charge >= 0.3 is 0 Å². The number of allylic oxidation sites excluding steroid dienone is 2. The minimum absolute atomic E-state index is 0.359. The zero-order chi connectivity index (χ0) is 18.5. The summed E-state index contributed by atoms with van der Waals surface area (Å²) >= 11 is 2.51. The molecule has 2 nitrogen and oxygen atoms in total. The molecule has 4 aliphatic carbocycles. The molecule has 0 radical (unpaired) electrons. The molecule has 0 amide bonds. The number of hydrogen-bond acceptors (Lipinski definition) is 2. The average molecular weight is 470 g/mol. The molecule has 0 aromatic carbocycles. The summed E-state index contributed by atoms with van der Waals surface area (Å²) in [5, 5.41) is 0. The number of methoxy groups -OCH3 is 1. The van der Waals surface area contributed by atoms with E-state index in [1.54, 1.807) is 12.7 Å². The van der Waals surface area contributed by atoms with Crippen molar-refractivity contribution in [2.75, 3.05) is 13.9 Å². The van der Waals surface area contributed by atoms with Crippen molar-refractivity contribution >= 4 is 22.6 Å². The van der Waals surface area contributed by atoms with Gasteiger partial charge in [0.2, 0.25) is 0 Å². The highest BCUT2D eigenvalue weighted by Gasteiger charge is 2.58. The van der Waals surface area contributed by atoms with E-state index in [0.29, 0.717) is 23.7 Å². The van der Waals surface area contributed by atoms with Crippen LogP contribution in [-0.2, 0) is 9.47 Å². The summed E-state index contributed by atoms with van der Waals surface area (Å²) in [5.41, 5.74) is 2.61. The number of ether oxygens (including phenoxy) is 2. The Kier molecular flexibility index (Phi) is 5.37. The lowest BCUT2D eigenvalue weighted by molar-refractivity contribution is -0.0965. The molecule has 0 bridgehead atoms. The molecule has 0 spiro atoms. The van der Waals surface area contributed by atoms with Gasteiger partial charge in [-0.25, -0.2) is 0 Å². The molecule has 0 aromatic heterocycles. The molecule has 3 saturated carbocycles. The van der Waals surface area contributed by atoms with Crippen molar-refractivity contribution in [3.63, 3.8) is 0 Å². The molecule has 0 heterocycles. The van der Waals surface area contributed by atoms with Crippen molar-refractivity contribution < 1.29 is 9.47 Å². The fraction of sp³-hybridized carbons (Fsp3) is 0.826. The van der Waals surface area contributed by atoms with Gasteiger partial charge in [0, 0.05) is 7.11 Å². The zero-order valence-corrected chi connectivity index (χ0v) is 18.9. The minimum atomic E-state index is 0.359. The summed E-state index contributed by atoms with van der Waals surface area (Å²) in [6.07, 6.45) is 13.5. The van der Waals surface area contributed by atoms with Crippen molar-refractivity contribution in [1.29, 1.82) is 0 Å². The maximum absolute atomic E-state index is 5.91. The third-order valence-corrected chi connectivity index (χ3v) is 9.61. The van der Waals surface area contributed by atoms with Crippen LogP contribution in [-0.4, -0.2) is 20.0 Å². The van der Waals surface area contributed by atoms with E-state index in [0.717, 1.165) is 30.1 Å². The van der Waals surface area contributed by atoms with E-state index in [1.165, 1.54) is 48.5 Å². The van der Waals surface area contributed by atoms with Gasteiger partial charge in [-0.3, -0.25) is 0 Å². The maximum Gasteiger partial charge on any atom is 0.146 e. The van der Waals surface area contributed by atoms with E-state index >= 15 is 0 Å². The molecule has 146 valence electrons. The maximum atomic E-state index is 5.91. The van der Waals surface area contributed by atoms with Gasteiger partial charge < -0.3 is 9.47 Å². The van der Waals surface area contributed by atoms with Crippen molar-refractivity contribution in [2.24, 2.45) is 34.5 Å². The summed E-state index contributed by atoms with van der Waals surface area (Å²) < 4.78 is 12.4. The second kappa shape index (κ2) is 7.18. The molecule has 0 aromatic rings. The monoisotopic (exact) mass is 470 g/mol. The van der Waals surface area contributed by atoms with Crippen LogP contribution in [0.5, 0.6) is 0 Å². The van der Waals surface area contributed by atoms with E-state index in [1.807, 2.05) is 0 Å². The van der Waals surface area contributed by atoms with Crippen LogP contribution >= 0.6 is 22.6 Å². The number of fused-ring (bicyclic) bond motifs is 5. The van der Waals surface area contributed by atoms with Crippen molar-refractivity contribution in [1.82, 2.24) is 0 Å². The Hall–Kier alpha value is 0.130. The molecular formula is C23H35IO2. The predicted molar refractivity (Wildman–Crippen MR) is 115 cm³/mol. The fourth-order valence-corrected chi connectivity index (χ4v) is 8.47. The Morgan fingerprint density at radius 1 is 1.19 bits per heavy atom. The second-order valence-electron chi connectivity index (χ2n) is 9.82. The fourth-order valence-electron chi connectivity index (χ4n) is 7.45. The summed E-state index contributed by atoms with van der Waals surface area (Å²) in [5.74, 6) is 3.41. The molecule has 26 heavy (non-hydrogen) atoms. The van der Waals surface area contributed by atoms with Gasteiger partial charge in [-0.05, 0) is 112 Å². The van der Waals surface area contributed by atoms with Gasteiger partial charge in [-0.2, -0.15) is 0 Å². The third-order valence-electron chi connectivity index (χ3n) is 8.86. The van der Waals surface area contributed by atoms with Gasteiger partial charge in [0.1, 0.15) is 6.79 Å². The number of rotatable bonds is 4. The van der Waals surface area contributed by atoms with Crippen molar-refractivity contribution in [3.05, 3.63) is 21.8 Å². The highest BCUT2D eigenvalue weighted by atomic mass is 127. The first-order valence-electron chi connectivity index (χ1n) is 10.5. The van der Waals surface area contributed by atoms with Crippen LogP contribution in [0, 0.1) is 34.5 Å². The smallest absolute Gasteiger partial charge is 0.146 e. The molecule has 0 saturated heterocycles. The van der Waals surface area contributed by atoms with Crippen LogP contribution in [0.1, 0.15) is 65.2 Å². The minimum Gasteiger partial charge on any atom is -0.359 e. The first-order valence-corrected chi connectivity index (χ1v) is 11.6. The molecule has 3 fully saturated rings. The van der Waals surface area contributed by atoms with Gasteiger partial charge in [-0.1, -0.05) is 32.1 Å². The summed E-state index contributed by atoms with van der Waals surface area (Å²) in [6.45, 7) is 9.94. The average Bonchev–Trinajstić information content (AvgIpc) is 2.97. The Balaban J connectivity index is 1.56. The Labute approximate surface area is 173 Å². The van der Waals surface area contributed by atoms with Crippen LogP contribution in [0.2, 0.25) is 0 Å². The lowest BCUT2D eigenvalue weighted by Gasteiger charge is -2.58. The normalized spacial score (nSPS) is 47.5. The van der Waals surface area contributed by atoms with Crippen molar-refractivity contribution in [2.45, 2.75) is 71.3 Å². The number of hydrogen-bond donors (Lipinski definition) is 0. The quantitative estimate of drug-likeness (QED) is 0.265. The van der Waals surface area contributed by atoms with Gasteiger partial charge in [0.25, 0.3) is 0 Å². The van der Waals surface area contributed by atoms with Gasteiger partial charge in [-0.15, -0.1) is 0 Å². The molecule has 3 heteroatoms. The van der Waals surface area contributed by atoms with Gasteiger partial charge in [0.15, 0.2) is 0 Å². The predicted octanol–water partition coefficient (Wildman–Crippen LogP) is 6.50. The van der Waals surface area contributed by atoms with Crippen molar-refractivity contribution in [3.8, 4) is 0 Å². The lowest BCUT2D eigenvalue weighted by Crippen LogP contribution is -2.50. The molecule has 7 atom stereocenters. The van der Waals surface area contributed by atoms with E-state index in [2.05, 4.69) is 49.1 Å². The Morgan fingerprint density at radius 3 is 2.73 bits per heavy atom. The lowest BCUT2D eigenvalue weighted by atomic mass is 9.47. The van der Waals surface area contributed by atoms with Gasteiger partial charge in [0.05, 0.1) is 6.10 Å². The van der Waals surface area contributed by atoms with Crippen LogP contribution in [0.15, 0.2) is 21.8 Å². The molecule has 0 aliphatic heterocycles. The molecular weight excluding hydrogens is 435 g/mol. The van der Waals surface area contributed by atoms with Crippen LogP contribution in [0.25, 0.3) is 0 Å². The highest BCUT2D eigenvalue weighted by Crippen LogP contribution is 2.67. The van der Waals surface area contributed by atoms with E-state index in [9.17, 15) is 0 Å². The standard InChI is InChI=1S/C23H35IO2/c1-15(24)19-7-8-20-18-6-5-16-13-17(26-14-25-4)9-11-22(16,2)21(18)10-12-23(19,20)3/h5,17-21H,1,6-14H2,2-4H3/t17?,18-,19+,20-,21-,22-,23+/m0/s1. The van der Waals surface area contributed by atoms with E-state index in [-0.39, 0.29) is 0 Å². The molecule has 4 rings (SSSR count). The SMILES string of the molecule is C=C(I)[C@H]1CC[C@H]2[C@@H]3CC=C4CC(OCOC)CC[C@]4(C)[C@H]3CC[C@]12C. The summed E-state index contributed by atoms with van der Waals surface area (Å²) in [4.78, 5) is 0. The van der Waals surface area contributed by atoms with Crippen LogP contribution < -0.4 is 0 Å². The largest absolute Gasteiger partial charge is 0.359 e.